The van der Waals surface area contributed by atoms with Gasteiger partial charge in [0.25, 0.3) is 0 Å². The number of fused-ring (bicyclic) bond motifs is 1. The van der Waals surface area contributed by atoms with Crippen molar-refractivity contribution in [2.24, 2.45) is 0 Å². The smallest absolute Gasteiger partial charge is 0.243 e. The summed E-state index contributed by atoms with van der Waals surface area (Å²) in [6, 6.07) is -0.110. The van der Waals surface area contributed by atoms with E-state index in [2.05, 4.69) is 10.3 Å². The molecule has 0 saturated carbocycles. The minimum Gasteiger partial charge on any atom is -0.347 e. The molecule has 2 heterocycles. The van der Waals surface area contributed by atoms with Gasteiger partial charge < -0.3 is 9.88 Å². The third-order valence-corrected chi connectivity index (χ3v) is 1.97. The van der Waals surface area contributed by atoms with Crippen LogP contribution in [0.15, 0.2) is 12.4 Å². The summed E-state index contributed by atoms with van der Waals surface area (Å²) in [6.45, 7) is 2.41. The van der Waals surface area contributed by atoms with Crippen LogP contribution in [0.3, 0.4) is 0 Å². The Balaban J connectivity index is 2.45. The van der Waals surface area contributed by atoms with E-state index >= 15 is 0 Å². The normalized spacial score (nSPS) is 22.6. The van der Waals surface area contributed by atoms with Crippen LogP contribution in [-0.4, -0.2) is 15.5 Å². The summed E-state index contributed by atoms with van der Waals surface area (Å²) in [4.78, 5) is 15.2. The molecule has 1 aromatic rings. The van der Waals surface area contributed by atoms with E-state index < -0.39 is 0 Å². The van der Waals surface area contributed by atoms with Gasteiger partial charge >= 0.3 is 0 Å². The number of carbonyl (C=O) groups excluding carboxylic acids is 1. The fraction of sp³-hybridized carbons (Fsp3) is 0.429. The van der Waals surface area contributed by atoms with Crippen LogP contribution < -0.4 is 5.32 Å². The quantitative estimate of drug-likeness (QED) is 0.570. The predicted octanol–water partition coefficient (Wildman–Crippen LogP) is 0.0739. The number of aromatic nitrogens is 2. The van der Waals surface area contributed by atoms with Crippen LogP contribution in [-0.2, 0) is 11.3 Å². The van der Waals surface area contributed by atoms with Gasteiger partial charge in [0.15, 0.2) is 0 Å². The SMILES string of the molecule is CC1C(=O)NCc2nccn21. The monoisotopic (exact) mass is 151 g/mol. The summed E-state index contributed by atoms with van der Waals surface area (Å²) in [6.07, 6.45) is 3.55. The van der Waals surface area contributed by atoms with E-state index in [-0.39, 0.29) is 11.9 Å². The van der Waals surface area contributed by atoms with Gasteiger partial charge in [-0.05, 0) is 6.92 Å². The van der Waals surface area contributed by atoms with Gasteiger partial charge in [-0.3, -0.25) is 4.79 Å². The molecule has 0 saturated heterocycles. The van der Waals surface area contributed by atoms with Crippen LogP contribution in [0.4, 0.5) is 0 Å². The molecule has 1 atom stereocenters. The first kappa shape index (κ1) is 6.39. The van der Waals surface area contributed by atoms with Crippen molar-refractivity contribution in [2.45, 2.75) is 19.5 Å². The molecule has 0 fully saturated rings. The maximum Gasteiger partial charge on any atom is 0.243 e. The molecule has 1 unspecified atom stereocenters. The van der Waals surface area contributed by atoms with Crippen molar-refractivity contribution in [2.75, 3.05) is 0 Å². The number of hydrogen-bond acceptors (Lipinski definition) is 2. The number of hydrogen-bond donors (Lipinski definition) is 1. The first-order valence-corrected chi connectivity index (χ1v) is 3.58. The molecule has 0 bridgehead atoms. The van der Waals surface area contributed by atoms with Gasteiger partial charge in [-0.1, -0.05) is 0 Å². The Morgan fingerprint density at radius 2 is 2.64 bits per heavy atom. The van der Waals surface area contributed by atoms with Gasteiger partial charge in [-0.25, -0.2) is 4.98 Å². The lowest BCUT2D eigenvalue weighted by molar-refractivity contribution is -0.125. The molecule has 1 amide bonds. The van der Waals surface area contributed by atoms with Crippen LogP contribution >= 0.6 is 0 Å². The molecule has 1 N–H and O–H groups in total. The van der Waals surface area contributed by atoms with Crippen molar-refractivity contribution < 1.29 is 4.79 Å². The number of amides is 1. The zero-order valence-corrected chi connectivity index (χ0v) is 6.24. The van der Waals surface area contributed by atoms with Gasteiger partial charge in [-0.15, -0.1) is 0 Å². The van der Waals surface area contributed by atoms with Crippen LogP contribution in [0, 0.1) is 0 Å². The van der Waals surface area contributed by atoms with Crippen molar-refractivity contribution in [1.82, 2.24) is 14.9 Å². The maximum absolute atomic E-state index is 11.1. The first-order valence-electron chi connectivity index (χ1n) is 3.58. The Morgan fingerprint density at radius 1 is 1.82 bits per heavy atom. The average Bonchev–Trinajstić information content (AvgIpc) is 2.45. The standard InChI is InChI=1S/C7H9N3O/c1-5-7(11)9-4-6-8-2-3-10(5)6/h2-3,5H,4H2,1H3,(H,9,11). The second-order valence-corrected chi connectivity index (χ2v) is 2.64. The topological polar surface area (TPSA) is 46.9 Å². The lowest BCUT2D eigenvalue weighted by Gasteiger charge is -2.21. The van der Waals surface area contributed by atoms with E-state index in [0.717, 1.165) is 5.82 Å². The largest absolute Gasteiger partial charge is 0.347 e. The van der Waals surface area contributed by atoms with Crippen LogP contribution in [0.2, 0.25) is 0 Å². The maximum atomic E-state index is 11.1. The molecule has 1 aromatic heterocycles. The minimum atomic E-state index is -0.110. The van der Waals surface area contributed by atoms with Gasteiger partial charge in [0.05, 0.1) is 6.54 Å². The van der Waals surface area contributed by atoms with Crippen molar-refractivity contribution in [3.05, 3.63) is 18.2 Å². The van der Waals surface area contributed by atoms with E-state index in [9.17, 15) is 4.79 Å². The van der Waals surface area contributed by atoms with Gasteiger partial charge in [0, 0.05) is 12.4 Å². The molecule has 2 rings (SSSR count). The van der Waals surface area contributed by atoms with Gasteiger partial charge in [0.2, 0.25) is 5.91 Å². The van der Waals surface area contributed by atoms with Crippen LogP contribution in [0.25, 0.3) is 0 Å². The molecule has 4 heteroatoms. The van der Waals surface area contributed by atoms with E-state index in [0.29, 0.717) is 6.54 Å². The summed E-state index contributed by atoms with van der Waals surface area (Å²) < 4.78 is 1.89. The van der Waals surface area contributed by atoms with Crippen molar-refractivity contribution in [1.29, 1.82) is 0 Å². The molecule has 0 aliphatic carbocycles. The molecular weight excluding hydrogens is 142 g/mol. The Bertz CT molecular complexity index is 292. The van der Waals surface area contributed by atoms with Gasteiger partial charge in [0.1, 0.15) is 11.9 Å². The molecule has 4 nitrogen and oxygen atoms in total. The highest BCUT2D eigenvalue weighted by Gasteiger charge is 2.22. The molecule has 0 radical (unpaired) electrons. The Labute approximate surface area is 64.2 Å². The van der Waals surface area contributed by atoms with E-state index in [4.69, 9.17) is 0 Å². The summed E-state index contributed by atoms with van der Waals surface area (Å²) in [5.41, 5.74) is 0. The first-order chi connectivity index (χ1) is 5.29. The molecule has 0 aromatic carbocycles. The summed E-state index contributed by atoms with van der Waals surface area (Å²) >= 11 is 0. The van der Waals surface area contributed by atoms with Crippen molar-refractivity contribution >= 4 is 5.91 Å². The fourth-order valence-electron chi connectivity index (χ4n) is 1.27. The lowest BCUT2D eigenvalue weighted by Crippen LogP contribution is -2.37. The number of nitrogens with zero attached hydrogens (tertiary/aromatic N) is 2. The fourth-order valence-corrected chi connectivity index (χ4v) is 1.27. The number of rotatable bonds is 0. The average molecular weight is 151 g/mol. The zero-order chi connectivity index (χ0) is 7.84. The highest BCUT2D eigenvalue weighted by Crippen LogP contribution is 2.13. The van der Waals surface area contributed by atoms with E-state index in [1.165, 1.54) is 0 Å². The van der Waals surface area contributed by atoms with E-state index in [1.54, 1.807) is 6.20 Å². The van der Waals surface area contributed by atoms with Crippen molar-refractivity contribution in [3.8, 4) is 0 Å². The molecule has 0 spiro atoms. The zero-order valence-electron chi connectivity index (χ0n) is 6.24. The lowest BCUT2D eigenvalue weighted by atomic mass is 10.2. The molecule has 1 aliphatic rings. The Morgan fingerprint density at radius 3 is 3.45 bits per heavy atom. The van der Waals surface area contributed by atoms with Gasteiger partial charge in [-0.2, -0.15) is 0 Å². The molecular formula is C7H9N3O. The number of nitrogens with one attached hydrogen (secondary N) is 1. The predicted molar refractivity (Wildman–Crippen MR) is 38.8 cm³/mol. The van der Waals surface area contributed by atoms with E-state index in [1.807, 2.05) is 17.7 Å². The van der Waals surface area contributed by atoms with Crippen LogP contribution in [0.5, 0.6) is 0 Å². The molecule has 58 valence electrons. The van der Waals surface area contributed by atoms with Crippen molar-refractivity contribution in [3.63, 3.8) is 0 Å². The number of carbonyl (C=O) groups is 1. The third kappa shape index (κ3) is 0.824. The Kier molecular flexibility index (Phi) is 1.21. The molecule has 11 heavy (non-hydrogen) atoms. The summed E-state index contributed by atoms with van der Waals surface area (Å²) in [7, 11) is 0. The second kappa shape index (κ2) is 2.08. The minimum absolute atomic E-state index is 0.0653. The number of imidazole rings is 1. The molecule has 1 aliphatic heterocycles. The highest BCUT2D eigenvalue weighted by atomic mass is 16.2. The highest BCUT2D eigenvalue weighted by molar-refractivity contribution is 5.80. The summed E-state index contributed by atoms with van der Waals surface area (Å²) in [5, 5.41) is 2.75. The van der Waals surface area contributed by atoms with Crippen LogP contribution in [0.1, 0.15) is 18.8 Å². The third-order valence-electron chi connectivity index (χ3n) is 1.97. The Hall–Kier alpha value is -1.32. The second-order valence-electron chi connectivity index (χ2n) is 2.64. The summed E-state index contributed by atoms with van der Waals surface area (Å²) in [5.74, 6) is 0.993.